The quantitative estimate of drug-likeness (QED) is 0.844. The van der Waals surface area contributed by atoms with Crippen LogP contribution >= 0.6 is 0 Å². The molecule has 0 saturated heterocycles. The maximum absolute atomic E-state index is 12.4. The van der Waals surface area contributed by atoms with Crippen LogP contribution in [0.4, 0.5) is 5.69 Å². The molecule has 5 heteroatoms. The van der Waals surface area contributed by atoms with Crippen LogP contribution in [0.25, 0.3) is 0 Å². The number of methoxy groups -OCH3 is 1. The van der Waals surface area contributed by atoms with E-state index in [2.05, 4.69) is 16.3 Å². The summed E-state index contributed by atoms with van der Waals surface area (Å²) >= 11 is 0. The SMILES string of the molecule is COc1ccc(CN(CC(=O)Nc2ccc(C#N)cc2)C2CC2)cc1. The maximum atomic E-state index is 12.4. The van der Waals surface area contributed by atoms with Gasteiger partial charge in [0.15, 0.2) is 0 Å². The minimum Gasteiger partial charge on any atom is -0.497 e. The van der Waals surface area contributed by atoms with Gasteiger partial charge >= 0.3 is 0 Å². The summed E-state index contributed by atoms with van der Waals surface area (Å²) in [4.78, 5) is 14.6. The molecule has 1 N–H and O–H groups in total. The van der Waals surface area contributed by atoms with Gasteiger partial charge < -0.3 is 10.1 Å². The Bertz CT molecular complexity index is 759. The Morgan fingerprint density at radius 2 is 1.88 bits per heavy atom. The van der Waals surface area contributed by atoms with Crippen molar-refractivity contribution in [2.24, 2.45) is 0 Å². The van der Waals surface area contributed by atoms with E-state index in [4.69, 9.17) is 10.00 Å². The molecule has 0 unspecified atom stereocenters. The predicted molar refractivity (Wildman–Crippen MR) is 96.2 cm³/mol. The minimum absolute atomic E-state index is 0.0369. The van der Waals surface area contributed by atoms with Crippen molar-refractivity contribution in [3.63, 3.8) is 0 Å². The molecule has 2 aromatic rings. The fraction of sp³-hybridized carbons (Fsp3) is 0.300. The van der Waals surface area contributed by atoms with Crippen LogP contribution < -0.4 is 10.1 Å². The van der Waals surface area contributed by atoms with Crippen LogP contribution in [-0.4, -0.2) is 30.5 Å². The molecule has 1 aliphatic rings. The fourth-order valence-electron chi connectivity index (χ4n) is 2.73. The monoisotopic (exact) mass is 335 g/mol. The van der Waals surface area contributed by atoms with Crippen LogP contribution in [0, 0.1) is 11.3 Å². The van der Waals surface area contributed by atoms with E-state index >= 15 is 0 Å². The van der Waals surface area contributed by atoms with Gasteiger partial charge in [0.05, 0.1) is 25.3 Å². The normalized spacial score (nSPS) is 13.3. The number of ether oxygens (including phenoxy) is 1. The highest BCUT2D eigenvalue weighted by Crippen LogP contribution is 2.28. The number of hydrogen-bond donors (Lipinski definition) is 1. The molecule has 5 nitrogen and oxygen atoms in total. The third-order valence-corrected chi connectivity index (χ3v) is 4.25. The summed E-state index contributed by atoms with van der Waals surface area (Å²) in [6.07, 6.45) is 2.28. The number of carbonyl (C=O) groups is 1. The summed E-state index contributed by atoms with van der Waals surface area (Å²) in [5, 5.41) is 11.7. The molecular formula is C20H21N3O2. The van der Waals surface area contributed by atoms with E-state index in [0.717, 1.165) is 25.1 Å². The van der Waals surface area contributed by atoms with Gasteiger partial charge in [0.1, 0.15) is 5.75 Å². The summed E-state index contributed by atoms with van der Waals surface area (Å²) < 4.78 is 5.18. The van der Waals surface area contributed by atoms with Gasteiger partial charge in [-0.2, -0.15) is 5.26 Å². The zero-order valence-electron chi connectivity index (χ0n) is 14.2. The van der Waals surface area contributed by atoms with Crippen LogP contribution in [0.3, 0.4) is 0 Å². The van der Waals surface area contributed by atoms with Crippen molar-refractivity contribution in [1.82, 2.24) is 4.90 Å². The molecule has 0 heterocycles. The molecule has 2 aromatic carbocycles. The van der Waals surface area contributed by atoms with E-state index in [1.54, 1.807) is 31.4 Å². The summed E-state index contributed by atoms with van der Waals surface area (Å²) in [7, 11) is 1.65. The average Bonchev–Trinajstić information content (AvgIpc) is 3.47. The Labute approximate surface area is 147 Å². The summed E-state index contributed by atoms with van der Waals surface area (Å²) in [5.41, 5.74) is 2.46. The van der Waals surface area contributed by atoms with E-state index in [-0.39, 0.29) is 5.91 Å². The second-order valence-corrected chi connectivity index (χ2v) is 6.22. The molecule has 0 radical (unpaired) electrons. The molecule has 1 fully saturated rings. The van der Waals surface area contributed by atoms with Crippen molar-refractivity contribution in [3.05, 3.63) is 59.7 Å². The number of hydrogen-bond acceptors (Lipinski definition) is 4. The van der Waals surface area contributed by atoms with Gasteiger partial charge in [-0.05, 0) is 54.8 Å². The molecule has 0 aliphatic heterocycles. The number of nitrogens with zero attached hydrogens (tertiary/aromatic N) is 2. The molecule has 128 valence electrons. The Morgan fingerprint density at radius 1 is 1.20 bits per heavy atom. The number of amides is 1. The van der Waals surface area contributed by atoms with E-state index in [0.29, 0.717) is 23.8 Å². The van der Waals surface area contributed by atoms with Gasteiger partial charge in [0.25, 0.3) is 0 Å². The summed E-state index contributed by atoms with van der Waals surface area (Å²) in [6.45, 7) is 1.10. The van der Waals surface area contributed by atoms with Gasteiger partial charge in [-0.25, -0.2) is 0 Å². The first kappa shape index (κ1) is 17.0. The highest BCUT2D eigenvalue weighted by molar-refractivity contribution is 5.92. The van der Waals surface area contributed by atoms with E-state index in [1.807, 2.05) is 24.3 Å². The standard InChI is InChI=1S/C20H21N3O2/c1-25-19-10-4-16(5-11-19)13-23(18-8-9-18)14-20(24)22-17-6-2-15(12-21)3-7-17/h2-7,10-11,18H,8-9,13-14H2,1H3,(H,22,24). The van der Waals surface area contributed by atoms with Crippen molar-refractivity contribution in [3.8, 4) is 11.8 Å². The van der Waals surface area contributed by atoms with Crippen LogP contribution in [0.2, 0.25) is 0 Å². The van der Waals surface area contributed by atoms with Crippen molar-refractivity contribution in [2.75, 3.05) is 19.0 Å². The molecule has 1 amide bonds. The lowest BCUT2D eigenvalue weighted by Crippen LogP contribution is -2.34. The average molecular weight is 335 g/mol. The molecular weight excluding hydrogens is 314 g/mol. The highest BCUT2D eigenvalue weighted by atomic mass is 16.5. The first-order valence-electron chi connectivity index (χ1n) is 8.35. The number of rotatable bonds is 7. The number of nitriles is 1. The van der Waals surface area contributed by atoms with Crippen molar-refractivity contribution in [2.45, 2.75) is 25.4 Å². The smallest absolute Gasteiger partial charge is 0.238 e. The second-order valence-electron chi connectivity index (χ2n) is 6.22. The molecule has 1 saturated carbocycles. The van der Waals surface area contributed by atoms with Crippen LogP contribution in [-0.2, 0) is 11.3 Å². The van der Waals surface area contributed by atoms with Gasteiger partial charge in [-0.15, -0.1) is 0 Å². The van der Waals surface area contributed by atoms with Crippen molar-refractivity contribution in [1.29, 1.82) is 5.26 Å². The molecule has 0 aromatic heterocycles. The molecule has 1 aliphatic carbocycles. The van der Waals surface area contributed by atoms with Gasteiger partial charge in [-0.3, -0.25) is 9.69 Å². The minimum atomic E-state index is -0.0369. The lowest BCUT2D eigenvalue weighted by Gasteiger charge is -2.21. The van der Waals surface area contributed by atoms with Crippen molar-refractivity contribution < 1.29 is 9.53 Å². The number of carbonyl (C=O) groups excluding carboxylic acids is 1. The van der Waals surface area contributed by atoms with Gasteiger partial charge in [0.2, 0.25) is 5.91 Å². The van der Waals surface area contributed by atoms with Crippen LogP contribution in [0.1, 0.15) is 24.0 Å². The summed E-state index contributed by atoms with van der Waals surface area (Å²) in [5.74, 6) is 0.797. The summed E-state index contributed by atoms with van der Waals surface area (Å²) in [6, 6.07) is 17.4. The molecule has 3 rings (SSSR count). The van der Waals surface area contributed by atoms with Crippen molar-refractivity contribution >= 4 is 11.6 Å². The third kappa shape index (κ3) is 4.82. The zero-order chi connectivity index (χ0) is 17.6. The number of anilines is 1. The van der Waals surface area contributed by atoms with E-state index in [1.165, 1.54) is 5.56 Å². The van der Waals surface area contributed by atoms with Crippen LogP contribution in [0.15, 0.2) is 48.5 Å². The van der Waals surface area contributed by atoms with E-state index < -0.39 is 0 Å². The zero-order valence-corrected chi connectivity index (χ0v) is 14.2. The molecule has 0 bridgehead atoms. The Morgan fingerprint density at radius 3 is 2.44 bits per heavy atom. The first-order valence-corrected chi connectivity index (χ1v) is 8.35. The third-order valence-electron chi connectivity index (χ3n) is 4.25. The topological polar surface area (TPSA) is 65.4 Å². The lowest BCUT2D eigenvalue weighted by molar-refractivity contribution is -0.117. The number of benzene rings is 2. The predicted octanol–water partition coefficient (Wildman–Crippen LogP) is 3.17. The molecule has 25 heavy (non-hydrogen) atoms. The largest absolute Gasteiger partial charge is 0.497 e. The highest BCUT2D eigenvalue weighted by Gasteiger charge is 2.30. The Balaban J connectivity index is 1.58. The Hall–Kier alpha value is -2.84. The fourth-order valence-corrected chi connectivity index (χ4v) is 2.73. The van der Waals surface area contributed by atoms with Crippen LogP contribution in [0.5, 0.6) is 5.75 Å². The molecule has 0 atom stereocenters. The second kappa shape index (κ2) is 7.82. The molecule has 0 spiro atoms. The first-order chi connectivity index (χ1) is 12.2. The van der Waals surface area contributed by atoms with E-state index in [9.17, 15) is 4.79 Å². The Kier molecular flexibility index (Phi) is 5.32. The number of nitrogens with one attached hydrogen (secondary N) is 1. The maximum Gasteiger partial charge on any atom is 0.238 e. The lowest BCUT2D eigenvalue weighted by atomic mass is 10.2. The van der Waals surface area contributed by atoms with Gasteiger partial charge in [-0.1, -0.05) is 12.1 Å². The van der Waals surface area contributed by atoms with Gasteiger partial charge in [0, 0.05) is 18.3 Å².